The highest BCUT2D eigenvalue weighted by Gasteiger charge is 2.28. The number of likely N-dealkylation sites (tertiary alicyclic amines) is 1. The fraction of sp³-hybridized carbons (Fsp3) is 0.450. The van der Waals surface area contributed by atoms with E-state index in [1.165, 1.54) is 5.56 Å². The van der Waals surface area contributed by atoms with Crippen molar-refractivity contribution in [1.82, 2.24) is 15.1 Å². The highest BCUT2D eigenvalue weighted by molar-refractivity contribution is 5.98. The van der Waals surface area contributed by atoms with Crippen molar-refractivity contribution in [3.63, 3.8) is 0 Å². The molecule has 1 N–H and O–H groups in total. The zero-order valence-electron chi connectivity index (χ0n) is 14.9. The Bertz CT molecular complexity index is 712. The average molecular weight is 339 g/mol. The molecule has 1 amide bonds. The standard InChI is InChI=1S/C20H25N3O2/c1-14(2)13-15-3-5-16(6-4-15)19(24)17-8-11-23(12-9-17)20(25)18-7-10-21-22-18/h3-7,10,14,17H,8-9,11-13H2,1-2H3,(H,21,22). The van der Waals surface area contributed by atoms with Crippen molar-refractivity contribution in [3.8, 4) is 0 Å². The molecule has 0 spiro atoms. The summed E-state index contributed by atoms with van der Waals surface area (Å²) in [6, 6.07) is 9.69. The SMILES string of the molecule is CC(C)Cc1ccc(C(=O)C2CCN(C(=O)c3ccn[nH]3)CC2)cc1. The molecule has 25 heavy (non-hydrogen) atoms. The zero-order chi connectivity index (χ0) is 17.8. The molecule has 0 bridgehead atoms. The second-order valence-electron chi connectivity index (χ2n) is 7.20. The van der Waals surface area contributed by atoms with Gasteiger partial charge in [0.2, 0.25) is 0 Å². The number of hydrogen-bond donors (Lipinski definition) is 1. The van der Waals surface area contributed by atoms with Gasteiger partial charge in [0.05, 0.1) is 0 Å². The fourth-order valence-electron chi connectivity index (χ4n) is 3.40. The summed E-state index contributed by atoms with van der Waals surface area (Å²) in [4.78, 5) is 26.8. The van der Waals surface area contributed by atoms with Crippen molar-refractivity contribution in [1.29, 1.82) is 0 Å². The zero-order valence-corrected chi connectivity index (χ0v) is 14.9. The first-order chi connectivity index (χ1) is 12.0. The van der Waals surface area contributed by atoms with Crippen LogP contribution in [0, 0.1) is 11.8 Å². The van der Waals surface area contributed by atoms with Crippen LogP contribution in [0.15, 0.2) is 36.5 Å². The van der Waals surface area contributed by atoms with Gasteiger partial charge in [-0.3, -0.25) is 14.7 Å². The van der Waals surface area contributed by atoms with Crippen LogP contribution in [-0.2, 0) is 6.42 Å². The van der Waals surface area contributed by atoms with Gasteiger partial charge >= 0.3 is 0 Å². The van der Waals surface area contributed by atoms with Crippen LogP contribution in [0.1, 0.15) is 53.1 Å². The van der Waals surface area contributed by atoms with E-state index in [9.17, 15) is 9.59 Å². The van der Waals surface area contributed by atoms with Crippen LogP contribution in [0.5, 0.6) is 0 Å². The number of aromatic nitrogens is 2. The lowest BCUT2D eigenvalue weighted by Crippen LogP contribution is -2.40. The number of H-pyrrole nitrogens is 1. The summed E-state index contributed by atoms with van der Waals surface area (Å²) in [6.07, 6.45) is 4.04. The number of aromatic amines is 1. The normalized spacial score (nSPS) is 15.6. The van der Waals surface area contributed by atoms with E-state index in [2.05, 4.69) is 36.2 Å². The van der Waals surface area contributed by atoms with Crippen molar-refractivity contribution in [2.75, 3.05) is 13.1 Å². The molecule has 1 aromatic heterocycles. The Morgan fingerprint density at radius 1 is 1.16 bits per heavy atom. The van der Waals surface area contributed by atoms with Crippen LogP contribution in [-0.4, -0.2) is 39.9 Å². The van der Waals surface area contributed by atoms with Gasteiger partial charge in [0.1, 0.15) is 5.69 Å². The number of nitrogens with zero attached hydrogens (tertiary/aromatic N) is 2. The van der Waals surface area contributed by atoms with Crippen molar-refractivity contribution in [2.24, 2.45) is 11.8 Å². The van der Waals surface area contributed by atoms with Gasteiger partial charge in [-0.1, -0.05) is 38.1 Å². The van der Waals surface area contributed by atoms with Gasteiger partial charge in [0, 0.05) is 30.8 Å². The maximum Gasteiger partial charge on any atom is 0.271 e. The number of benzene rings is 1. The third-order valence-corrected chi connectivity index (χ3v) is 4.77. The Morgan fingerprint density at radius 2 is 1.84 bits per heavy atom. The number of carbonyl (C=O) groups is 2. The molecule has 0 unspecified atom stereocenters. The van der Waals surface area contributed by atoms with E-state index in [1.54, 1.807) is 17.2 Å². The van der Waals surface area contributed by atoms with E-state index in [0.29, 0.717) is 37.5 Å². The van der Waals surface area contributed by atoms with Crippen LogP contribution < -0.4 is 0 Å². The predicted octanol–water partition coefficient (Wildman–Crippen LogP) is 3.34. The van der Waals surface area contributed by atoms with Crippen LogP contribution >= 0.6 is 0 Å². The summed E-state index contributed by atoms with van der Waals surface area (Å²) in [5, 5.41) is 6.52. The minimum Gasteiger partial charge on any atom is -0.337 e. The maximum absolute atomic E-state index is 12.7. The second kappa shape index (κ2) is 7.64. The molecule has 0 saturated carbocycles. The van der Waals surface area contributed by atoms with Crippen molar-refractivity contribution in [2.45, 2.75) is 33.1 Å². The number of hydrogen-bond acceptors (Lipinski definition) is 3. The number of rotatable bonds is 5. The summed E-state index contributed by atoms with van der Waals surface area (Å²) >= 11 is 0. The van der Waals surface area contributed by atoms with Gasteiger partial charge in [0.15, 0.2) is 5.78 Å². The van der Waals surface area contributed by atoms with Crippen LogP contribution in [0.2, 0.25) is 0 Å². The summed E-state index contributed by atoms with van der Waals surface area (Å²) in [5.41, 5.74) is 2.56. The first kappa shape index (κ1) is 17.4. The molecule has 5 heteroatoms. The molecule has 2 heterocycles. The summed E-state index contributed by atoms with van der Waals surface area (Å²) < 4.78 is 0. The van der Waals surface area contributed by atoms with Crippen molar-refractivity contribution < 1.29 is 9.59 Å². The van der Waals surface area contributed by atoms with E-state index in [0.717, 1.165) is 12.0 Å². The molecule has 0 atom stereocenters. The van der Waals surface area contributed by atoms with Gasteiger partial charge in [-0.2, -0.15) is 5.10 Å². The lowest BCUT2D eigenvalue weighted by Gasteiger charge is -2.31. The third kappa shape index (κ3) is 4.16. The average Bonchev–Trinajstić information content (AvgIpc) is 3.15. The van der Waals surface area contributed by atoms with Crippen molar-refractivity contribution in [3.05, 3.63) is 53.3 Å². The van der Waals surface area contributed by atoms with Crippen molar-refractivity contribution >= 4 is 11.7 Å². The van der Waals surface area contributed by atoms with E-state index in [-0.39, 0.29) is 17.6 Å². The summed E-state index contributed by atoms with van der Waals surface area (Å²) in [5.74, 6) is 0.770. The minimum atomic E-state index is -0.0403. The van der Waals surface area contributed by atoms with Crippen LogP contribution in [0.4, 0.5) is 0 Å². The molecule has 1 aliphatic rings. The molecule has 1 saturated heterocycles. The van der Waals surface area contributed by atoms with Gasteiger partial charge < -0.3 is 4.90 Å². The number of amides is 1. The smallest absolute Gasteiger partial charge is 0.271 e. The van der Waals surface area contributed by atoms with Crippen LogP contribution in [0.3, 0.4) is 0 Å². The molecule has 1 fully saturated rings. The Balaban J connectivity index is 1.57. The third-order valence-electron chi connectivity index (χ3n) is 4.77. The topological polar surface area (TPSA) is 66.1 Å². The maximum atomic E-state index is 12.7. The number of ketones is 1. The number of piperidine rings is 1. The molecule has 0 aliphatic carbocycles. The quantitative estimate of drug-likeness (QED) is 0.850. The molecular weight excluding hydrogens is 314 g/mol. The largest absolute Gasteiger partial charge is 0.337 e. The molecule has 1 aliphatic heterocycles. The first-order valence-electron chi connectivity index (χ1n) is 8.96. The number of nitrogens with one attached hydrogen (secondary N) is 1. The summed E-state index contributed by atoms with van der Waals surface area (Å²) in [7, 11) is 0. The lowest BCUT2D eigenvalue weighted by atomic mass is 9.88. The molecular formula is C20H25N3O2. The lowest BCUT2D eigenvalue weighted by molar-refractivity contribution is 0.0645. The molecule has 0 radical (unpaired) electrons. The fourth-order valence-corrected chi connectivity index (χ4v) is 3.40. The summed E-state index contributed by atoms with van der Waals surface area (Å²) in [6.45, 7) is 5.61. The molecule has 5 nitrogen and oxygen atoms in total. The van der Waals surface area contributed by atoms with Gasteiger partial charge in [-0.05, 0) is 36.8 Å². The number of Topliss-reactive ketones (excluding diaryl/α,β-unsaturated/α-hetero) is 1. The van der Waals surface area contributed by atoms with E-state index in [4.69, 9.17) is 0 Å². The molecule has 3 rings (SSSR count). The second-order valence-corrected chi connectivity index (χ2v) is 7.20. The van der Waals surface area contributed by atoms with E-state index in [1.807, 2.05) is 12.1 Å². The highest BCUT2D eigenvalue weighted by atomic mass is 16.2. The van der Waals surface area contributed by atoms with Crippen LogP contribution in [0.25, 0.3) is 0 Å². The highest BCUT2D eigenvalue weighted by Crippen LogP contribution is 2.23. The Morgan fingerprint density at radius 3 is 2.40 bits per heavy atom. The van der Waals surface area contributed by atoms with E-state index < -0.39 is 0 Å². The van der Waals surface area contributed by atoms with Gasteiger partial charge in [-0.25, -0.2) is 0 Å². The molecule has 132 valence electrons. The Labute approximate surface area is 148 Å². The monoisotopic (exact) mass is 339 g/mol. The molecule has 1 aromatic carbocycles. The van der Waals surface area contributed by atoms with Gasteiger partial charge in [-0.15, -0.1) is 0 Å². The van der Waals surface area contributed by atoms with Gasteiger partial charge in [0.25, 0.3) is 5.91 Å². The van der Waals surface area contributed by atoms with E-state index >= 15 is 0 Å². The molecule has 2 aromatic rings. The minimum absolute atomic E-state index is 0.00163. The number of carbonyl (C=O) groups excluding carboxylic acids is 2. The predicted molar refractivity (Wildman–Crippen MR) is 96.5 cm³/mol. The Hall–Kier alpha value is -2.43. The Kier molecular flexibility index (Phi) is 5.31. The first-order valence-corrected chi connectivity index (χ1v) is 8.96.